The summed E-state index contributed by atoms with van der Waals surface area (Å²) in [6.45, 7) is 2.01. The van der Waals surface area contributed by atoms with Crippen LogP contribution < -0.4 is 0 Å². The Morgan fingerprint density at radius 3 is 2.14 bits per heavy atom. The Kier molecular flexibility index (Phi) is 9.94. The van der Waals surface area contributed by atoms with Crippen molar-refractivity contribution in [3.8, 4) is 0 Å². The molecule has 0 saturated heterocycles. The fourth-order valence-corrected chi connectivity index (χ4v) is 9.66. The molecule has 0 saturated carbocycles. The lowest BCUT2D eigenvalue weighted by Gasteiger charge is -2.33. The number of carbonyl (C=O) groups is 1. The molecule has 0 aromatic heterocycles. The van der Waals surface area contributed by atoms with E-state index in [1.807, 2.05) is 0 Å². The van der Waals surface area contributed by atoms with Crippen molar-refractivity contribution in [3.05, 3.63) is 0 Å². The van der Waals surface area contributed by atoms with Crippen molar-refractivity contribution in [2.24, 2.45) is 0 Å². The van der Waals surface area contributed by atoms with Crippen LogP contribution in [-0.2, 0) is 19.4 Å². The molecule has 9 heteroatoms. The van der Waals surface area contributed by atoms with Crippen molar-refractivity contribution in [3.63, 3.8) is 0 Å². The molecule has 1 amide bonds. The number of rotatable bonds is 11. The number of hydrogen-bond acceptors (Lipinski definition) is 5. The fraction of sp³-hybridized carbons (Fsp3) is 0.923. The number of hydrogen-bond donors (Lipinski definition) is 0. The molecule has 0 aromatic rings. The molecule has 0 aliphatic rings. The van der Waals surface area contributed by atoms with E-state index in [0.717, 1.165) is 39.4 Å². The molecular weight excluding hydrogens is 343 g/mol. The summed E-state index contributed by atoms with van der Waals surface area (Å²) >= 11 is 1.02. The van der Waals surface area contributed by atoms with Crippen LogP contribution >= 0.6 is 18.0 Å². The van der Waals surface area contributed by atoms with Gasteiger partial charge in [-0.1, -0.05) is 51.4 Å². The first kappa shape index (κ1) is 22.0. The van der Waals surface area contributed by atoms with Crippen molar-refractivity contribution >= 4 is 34.0 Å². The molecule has 0 aromatic carbocycles. The number of sulfonamides is 1. The van der Waals surface area contributed by atoms with Gasteiger partial charge in [-0.05, 0) is 6.42 Å². The van der Waals surface area contributed by atoms with Gasteiger partial charge in [-0.3, -0.25) is 14.0 Å². The molecule has 0 heterocycles. The lowest BCUT2D eigenvalue weighted by molar-refractivity contribution is -0.125. The molecule has 0 spiro atoms. The van der Waals surface area contributed by atoms with Gasteiger partial charge >= 0.3 is 6.65 Å². The molecule has 0 bridgehead atoms. The average Bonchev–Trinajstić information content (AvgIpc) is 2.49. The van der Waals surface area contributed by atoms with E-state index in [1.165, 1.54) is 14.1 Å². The predicted molar refractivity (Wildman–Crippen MR) is 94.5 cm³/mol. The fourth-order valence-electron chi connectivity index (χ4n) is 1.90. The Hall–Kier alpha value is -0.0400. The molecule has 0 N–H and O–H groups in total. The highest BCUT2D eigenvalue weighted by molar-refractivity contribution is 8.57. The summed E-state index contributed by atoms with van der Waals surface area (Å²) in [7, 11) is -0.919. The summed E-state index contributed by atoms with van der Waals surface area (Å²) in [6.07, 6.45) is 3.57. The second kappa shape index (κ2) is 9.96. The zero-order valence-electron chi connectivity index (χ0n) is 14.2. The van der Waals surface area contributed by atoms with Crippen LogP contribution in [0.1, 0.15) is 52.9 Å². The van der Waals surface area contributed by atoms with E-state index < -0.39 is 16.7 Å². The van der Waals surface area contributed by atoms with Crippen molar-refractivity contribution < 1.29 is 17.8 Å². The van der Waals surface area contributed by atoms with Gasteiger partial charge in [0.2, 0.25) is 15.9 Å². The maximum absolute atomic E-state index is 13.2. The van der Waals surface area contributed by atoms with E-state index in [9.17, 15) is 17.8 Å². The smallest absolute Gasteiger partial charge is 0.275 e. The lowest BCUT2D eigenvalue weighted by Crippen LogP contribution is -2.34. The van der Waals surface area contributed by atoms with E-state index in [-0.39, 0.29) is 18.1 Å². The summed E-state index contributed by atoms with van der Waals surface area (Å²) in [5.74, 6) is 0.109. The predicted octanol–water partition coefficient (Wildman–Crippen LogP) is 3.56. The van der Waals surface area contributed by atoms with Gasteiger partial charge in [0.25, 0.3) is 0 Å². The highest BCUT2D eigenvalue weighted by Gasteiger charge is 2.41. The maximum Gasteiger partial charge on any atom is 0.310 e. The van der Waals surface area contributed by atoms with Crippen LogP contribution in [0.4, 0.5) is 0 Å². The topological polar surface area (TPSA) is 74.8 Å². The van der Waals surface area contributed by atoms with Crippen LogP contribution in [-0.4, -0.2) is 48.7 Å². The molecule has 6 nitrogen and oxygen atoms in total. The van der Waals surface area contributed by atoms with Crippen LogP contribution in [0.2, 0.25) is 0 Å². The van der Waals surface area contributed by atoms with Crippen molar-refractivity contribution in [1.29, 1.82) is 0 Å². The molecule has 22 heavy (non-hydrogen) atoms. The van der Waals surface area contributed by atoms with E-state index >= 15 is 0 Å². The first-order valence-electron chi connectivity index (χ1n) is 7.66. The zero-order valence-corrected chi connectivity index (χ0v) is 16.8. The largest absolute Gasteiger partial charge is 0.310 e. The van der Waals surface area contributed by atoms with Crippen LogP contribution in [0.3, 0.4) is 0 Å². The third kappa shape index (κ3) is 5.87. The van der Waals surface area contributed by atoms with Gasteiger partial charge in [0, 0.05) is 26.3 Å². The molecular formula is C13H29N2O4PS2. The standard InChI is InChI=1S/C13H29N2O4PS2/c1-6-9-10-11-12-22(18,19)15(5)20(17,21-8-3)14(4)13(16)7-2/h6-12H2,1-5H3. The quantitative estimate of drug-likeness (QED) is 0.409. The molecule has 1 unspecified atom stereocenters. The lowest BCUT2D eigenvalue weighted by atomic mass is 10.2. The van der Waals surface area contributed by atoms with Crippen LogP contribution in [0.25, 0.3) is 0 Å². The number of unbranched alkanes of at least 4 members (excludes halogenated alkanes) is 3. The maximum atomic E-state index is 13.2. The van der Waals surface area contributed by atoms with E-state index in [1.54, 1.807) is 13.8 Å². The Balaban J connectivity index is 5.23. The highest BCUT2D eigenvalue weighted by Crippen LogP contribution is 2.64. The highest BCUT2D eigenvalue weighted by atomic mass is 32.7. The minimum absolute atomic E-state index is 0.0358. The summed E-state index contributed by atoms with van der Waals surface area (Å²) in [5.41, 5.74) is 0. The molecule has 132 valence electrons. The number of nitrogens with zero attached hydrogens (tertiary/aromatic N) is 2. The van der Waals surface area contributed by atoms with Gasteiger partial charge in [-0.15, -0.1) is 4.08 Å². The van der Waals surface area contributed by atoms with E-state index in [2.05, 4.69) is 6.92 Å². The third-order valence-corrected chi connectivity index (χ3v) is 12.2. The second-order valence-electron chi connectivity index (χ2n) is 4.99. The van der Waals surface area contributed by atoms with Gasteiger partial charge in [-0.2, -0.15) is 0 Å². The van der Waals surface area contributed by atoms with Crippen LogP contribution in [0, 0.1) is 0 Å². The zero-order chi connectivity index (χ0) is 17.4. The van der Waals surface area contributed by atoms with Gasteiger partial charge < -0.3 is 0 Å². The van der Waals surface area contributed by atoms with Crippen molar-refractivity contribution in [1.82, 2.24) is 8.75 Å². The molecule has 0 rings (SSSR count). The molecule has 0 aliphatic carbocycles. The third-order valence-electron chi connectivity index (χ3n) is 3.35. The van der Waals surface area contributed by atoms with Gasteiger partial charge in [0.1, 0.15) is 0 Å². The molecule has 0 fully saturated rings. The Morgan fingerprint density at radius 1 is 1.09 bits per heavy atom. The molecule has 1 atom stereocenters. The summed E-state index contributed by atoms with van der Waals surface area (Å²) < 4.78 is 40.1. The Morgan fingerprint density at radius 2 is 1.68 bits per heavy atom. The van der Waals surface area contributed by atoms with E-state index in [4.69, 9.17) is 0 Å². The SMILES string of the molecule is CCCCCCS(=O)(=O)N(C)P(=O)(SCC)N(C)C(=O)CC. The minimum Gasteiger partial charge on any atom is -0.275 e. The molecule has 0 aliphatic heterocycles. The summed E-state index contributed by atoms with van der Waals surface area (Å²) in [6, 6.07) is 0. The van der Waals surface area contributed by atoms with Gasteiger partial charge in [-0.25, -0.2) is 8.42 Å². The summed E-state index contributed by atoms with van der Waals surface area (Å²) in [5, 5.41) is 0. The first-order valence-corrected chi connectivity index (χ1v) is 12.5. The Labute approximate surface area is 139 Å². The number of amides is 1. The van der Waals surface area contributed by atoms with Crippen LogP contribution in [0.5, 0.6) is 0 Å². The van der Waals surface area contributed by atoms with Crippen molar-refractivity contribution in [2.45, 2.75) is 52.9 Å². The minimum atomic E-state index is -3.65. The second-order valence-corrected chi connectivity index (χ2v) is 12.6. The van der Waals surface area contributed by atoms with Gasteiger partial charge in [0.05, 0.1) is 5.75 Å². The summed E-state index contributed by atoms with van der Waals surface area (Å²) in [4.78, 5) is 11.9. The normalized spacial score (nSPS) is 14.8. The first-order chi connectivity index (χ1) is 10.2. The van der Waals surface area contributed by atoms with Crippen molar-refractivity contribution in [2.75, 3.05) is 25.6 Å². The van der Waals surface area contributed by atoms with Crippen LogP contribution in [0.15, 0.2) is 0 Å². The van der Waals surface area contributed by atoms with Gasteiger partial charge in [0.15, 0.2) is 0 Å². The average molecular weight is 372 g/mol. The number of carbonyl (C=O) groups excluding carboxylic acids is 1. The Bertz CT molecular complexity index is 496. The monoisotopic (exact) mass is 372 g/mol. The molecule has 0 radical (unpaired) electrons. The van der Waals surface area contributed by atoms with E-state index in [0.29, 0.717) is 12.2 Å².